The predicted molar refractivity (Wildman–Crippen MR) is 69.0 cm³/mol. The second-order valence-corrected chi connectivity index (χ2v) is 3.94. The first kappa shape index (κ1) is 12.9. The van der Waals surface area contributed by atoms with Crippen molar-refractivity contribution in [2.24, 2.45) is 0 Å². The van der Waals surface area contributed by atoms with Crippen LogP contribution in [0.2, 0.25) is 0 Å². The fourth-order valence-corrected chi connectivity index (χ4v) is 1.57. The number of aromatic carboxylic acids is 1. The molecule has 0 amide bonds. The van der Waals surface area contributed by atoms with Crippen LogP contribution in [0, 0.1) is 6.92 Å². The van der Waals surface area contributed by atoms with Crippen molar-refractivity contribution in [2.45, 2.75) is 6.92 Å². The molecule has 19 heavy (non-hydrogen) atoms. The number of ether oxygens (including phenoxy) is 2. The molecule has 0 atom stereocenters. The minimum Gasteiger partial charge on any atom is -0.497 e. The van der Waals surface area contributed by atoms with Crippen LogP contribution in [0.1, 0.15) is 15.9 Å². The Morgan fingerprint density at radius 1 is 1.26 bits per heavy atom. The third-order valence-electron chi connectivity index (χ3n) is 2.52. The van der Waals surface area contributed by atoms with Crippen LogP contribution in [0.25, 0.3) is 0 Å². The summed E-state index contributed by atoms with van der Waals surface area (Å²) in [6, 6.07) is 8.16. The van der Waals surface area contributed by atoms with E-state index in [0.29, 0.717) is 11.6 Å². The maximum Gasteiger partial charge on any atom is 0.339 e. The third kappa shape index (κ3) is 3.01. The van der Waals surface area contributed by atoms with Gasteiger partial charge in [-0.1, -0.05) is 0 Å². The summed E-state index contributed by atoms with van der Waals surface area (Å²) in [7, 11) is 1.48. The zero-order valence-electron chi connectivity index (χ0n) is 10.6. The number of carboxylic acids is 1. The number of hydrogen-bond acceptors (Lipinski definition) is 4. The highest BCUT2D eigenvalue weighted by Crippen LogP contribution is 2.28. The Bertz CT molecular complexity index is 610. The fraction of sp³-hybridized carbons (Fsp3) is 0.143. The van der Waals surface area contributed by atoms with Gasteiger partial charge in [-0.05, 0) is 36.8 Å². The molecule has 0 fully saturated rings. The summed E-state index contributed by atoms with van der Waals surface area (Å²) in [5, 5.41) is 9.16. The summed E-state index contributed by atoms with van der Waals surface area (Å²) in [5.41, 5.74) is 1.01. The van der Waals surface area contributed by atoms with E-state index in [1.165, 1.54) is 13.2 Å². The molecule has 1 heterocycles. The van der Waals surface area contributed by atoms with Crippen molar-refractivity contribution in [1.29, 1.82) is 0 Å². The zero-order chi connectivity index (χ0) is 13.8. The van der Waals surface area contributed by atoms with E-state index < -0.39 is 5.97 Å². The first-order chi connectivity index (χ1) is 9.10. The van der Waals surface area contributed by atoms with Crippen LogP contribution >= 0.6 is 0 Å². The highest BCUT2D eigenvalue weighted by Gasteiger charge is 2.14. The molecule has 2 rings (SSSR count). The molecule has 1 N–H and O–H groups in total. The van der Waals surface area contributed by atoms with Crippen LogP contribution < -0.4 is 9.47 Å². The molecule has 2 aromatic rings. The number of nitrogens with zero attached hydrogens (tertiary/aromatic N) is 1. The Morgan fingerprint density at radius 2 is 2.05 bits per heavy atom. The van der Waals surface area contributed by atoms with Gasteiger partial charge < -0.3 is 14.6 Å². The number of methoxy groups -OCH3 is 1. The van der Waals surface area contributed by atoms with Gasteiger partial charge in [-0.3, -0.25) is 0 Å². The molecule has 0 radical (unpaired) electrons. The smallest absolute Gasteiger partial charge is 0.339 e. The van der Waals surface area contributed by atoms with Gasteiger partial charge in [-0.25, -0.2) is 9.78 Å². The van der Waals surface area contributed by atoms with Gasteiger partial charge in [0.15, 0.2) is 0 Å². The van der Waals surface area contributed by atoms with Gasteiger partial charge in [-0.15, -0.1) is 0 Å². The third-order valence-corrected chi connectivity index (χ3v) is 2.52. The summed E-state index contributed by atoms with van der Waals surface area (Å²) in [5.74, 6) is -0.0393. The molecule has 0 unspecified atom stereocenters. The van der Waals surface area contributed by atoms with Crippen molar-refractivity contribution in [1.82, 2.24) is 4.98 Å². The van der Waals surface area contributed by atoms with Gasteiger partial charge in [0.1, 0.15) is 17.1 Å². The molecule has 98 valence electrons. The van der Waals surface area contributed by atoms with E-state index in [-0.39, 0.29) is 11.3 Å². The van der Waals surface area contributed by atoms with Crippen LogP contribution in [-0.4, -0.2) is 23.2 Å². The number of carbonyl (C=O) groups is 1. The van der Waals surface area contributed by atoms with E-state index in [9.17, 15) is 4.79 Å². The topological polar surface area (TPSA) is 68.7 Å². The fourth-order valence-electron chi connectivity index (χ4n) is 1.57. The number of carboxylic acid groups (broad SMARTS) is 1. The van der Waals surface area contributed by atoms with Crippen molar-refractivity contribution >= 4 is 5.97 Å². The molecule has 0 spiro atoms. The van der Waals surface area contributed by atoms with Crippen LogP contribution in [-0.2, 0) is 0 Å². The number of rotatable bonds is 4. The predicted octanol–water partition coefficient (Wildman–Crippen LogP) is 2.89. The van der Waals surface area contributed by atoms with Gasteiger partial charge >= 0.3 is 5.97 Å². The van der Waals surface area contributed by atoms with E-state index in [4.69, 9.17) is 14.6 Å². The van der Waals surface area contributed by atoms with Gasteiger partial charge in [0.25, 0.3) is 0 Å². The summed E-state index contributed by atoms with van der Waals surface area (Å²) in [6.07, 6.45) is 1.61. The number of aryl methyl sites for hydroxylation is 1. The molecule has 5 heteroatoms. The number of hydrogen-bond donors (Lipinski definition) is 1. The molecule has 0 bridgehead atoms. The van der Waals surface area contributed by atoms with Crippen molar-refractivity contribution in [3.63, 3.8) is 0 Å². The number of benzene rings is 1. The first-order valence-corrected chi connectivity index (χ1v) is 5.62. The summed E-state index contributed by atoms with van der Waals surface area (Å²) >= 11 is 0. The maximum atomic E-state index is 11.2. The Balaban J connectivity index is 2.36. The monoisotopic (exact) mass is 259 g/mol. The molecule has 0 aliphatic carbocycles. The summed E-state index contributed by atoms with van der Waals surface area (Å²) in [6.45, 7) is 1.90. The van der Waals surface area contributed by atoms with Gasteiger partial charge in [0, 0.05) is 12.3 Å². The average molecular weight is 259 g/mol. The van der Waals surface area contributed by atoms with E-state index in [2.05, 4.69) is 4.98 Å². The van der Waals surface area contributed by atoms with Gasteiger partial charge in [-0.2, -0.15) is 0 Å². The van der Waals surface area contributed by atoms with Crippen molar-refractivity contribution in [3.8, 4) is 17.4 Å². The standard InChI is InChI=1S/C14H13NO4/c1-9-5-6-15-13(7-9)19-12-4-3-10(18-2)8-11(12)14(16)17/h3-8H,1-2H3,(H,16,17). The normalized spacial score (nSPS) is 10.0. The molecular weight excluding hydrogens is 246 g/mol. The molecule has 0 aliphatic heterocycles. The lowest BCUT2D eigenvalue weighted by molar-refractivity contribution is 0.0693. The summed E-state index contributed by atoms with van der Waals surface area (Å²) in [4.78, 5) is 15.2. The first-order valence-electron chi connectivity index (χ1n) is 5.62. The second kappa shape index (κ2) is 5.39. The van der Waals surface area contributed by atoms with E-state index in [0.717, 1.165) is 5.56 Å². The summed E-state index contributed by atoms with van der Waals surface area (Å²) < 4.78 is 10.5. The Labute approximate surface area is 110 Å². The second-order valence-electron chi connectivity index (χ2n) is 3.94. The van der Waals surface area contributed by atoms with Crippen molar-refractivity contribution in [2.75, 3.05) is 7.11 Å². The average Bonchev–Trinajstić information content (AvgIpc) is 2.39. The molecular formula is C14H13NO4. The molecule has 0 saturated carbocycles. The Hall–Kier alpha value is -2.56. The van der Waals surface area contributed by atoms with Crippen molar-refractivity contribution < 1.29 is 19.4 Å². The minimum absolute atomic E-state index is 0.0302. The SMILES string of the molecule is COc1ccc(Oc2cc(C)ccn2)c(C(=O)O)c1. The number of pyridine rings is 1. The van der Waals surface area contributed by atoms with Crippen LogP contribution in [0.4, 0.5) is 0 Å². The lowest BCUT2D eigenvalue weighted by atomic mass is 10.2. The highest BCUT2D eigenvalue weighted by molar-refractivity contribution is 5.91. The van der Waals surface area contributed by atoms with Crippen LogP contribution in [0.5, 0.6) is 17.4 Å². The number of aromatic nitrogens is 1. The lowest BCUT2D eigenvalue weighted by Gasteiger charge is -2.09. The maximum absolute atomic E-state index is 11.2. The molecule has 5 nitrogen and oxygen atoms in total. The quantitative estimate of drug-likeness (QED) is 0.914. The van der Waals surface area contributed by atoms with Crippen molar-refractivity contribution in [3.05, 3.63) is 47.7 Å². The van der Waals surface area contributed by atoms with Gasteiger partial charge in [0.2, 0.25) is 5.88 Å². The van der Waals surface area contributed by atoms with E-state index >= 15 is 0 Å². The zero-order valence-corrected chi connectivity index (χ0v) is 10.6. The highest BCUT2D eigenvalue weighted by atomic mass is 16.5. The van der Waals surface area contributed by atoms with Gasteiger partial charge in [0.05, 0.1) is 7.11 Å². The molecule has 0 aliphatic rings. The molecule has 1 aromatic carbocycles. The van der Waals surface area contributed by atoms with Crippen LogP contribution in [0.3, 0.4) is 0 Å². The van der Waals surface area contributed by atoms with E-state index in [1.54, 1.807) is 24.4 Å². The largest absolute Gasteiger partial charge is 0.497 e. The van der Waals surface area contributed by atoms with Crippen LogP contribution in [0.15, 0.2) is 36.5 Å². The minimum atomic E-state index is -1.08. The Morgan fingerprint density at radius 3 is 2.68 bits per heavy atom. The molecule has 0 saturated heterocycles. The van der Waals surface area contributed by atoms with E-state index in [1.807, 2.05) is 13.0 Å². The molecule has 1 aromatic heterocycles. The lowest BCUT2D eigenvalue weighted by Crippen LogP contribution is -2.01. The Kier molecular flexibility index (Phi) is 3.66.